The van der Waals surface area contributed by atoms with E-state index in [0.29, 0.717) is 10.2 Å². The summed E-state index contributed by atoms with van der Waals surface area (Å²) < 4.78 is 5.30. The van der Waals surface area contributed by atoms with E-state index in [1.54, 1.807) is 6.92 Å². The van der Waals surface area contributed by atoms with E-state index in [9.17, 15) is 9.59 Å². The molecule has 17 heavy (non-hydrogen) atoms. The van der Waals surface area contributed by atoms with Gasteiger partial charge in [0.1, 0.15) is 6.04 Å². The van der Waals surface area contributed by atoms with Crippen molar-refractivity contribution in [3.8, 4) is 0 Å². The third kappa shape index (κ3) is 3.89. The van der Waals surface area contributed by atoms with E-state index in [-0.39, 0.29) is 17.9 Å². The first kappa shape index (κ1) is 13.8. The summed E-state index contributed by atoms with van der Waals surface area (Å²) in [5.41, 5.74) is 0.370. The van der Waals surface area contributed by atoms with Crippen molar-refractivity contribution < 1.29 is 14.0 Å². The highest BCUT2D eigenvalue weighted by Crippen LogP contribution is 2.17. The summed E-state index contributed by atoms with van der Waals surface area (Å²) >= 11 is 3.11. The summed E-state index contributed by atoms with van der Waals surface area (Å²) in [5.74, 6) is -0.565. The predicted molar refractivity (Wildman–Crippen MR) is 66.6 cm³/mol. The maximum Gasteiger partial charge on any atom is 0.256 e. The fraction of sp³-hybridized carbons (Fsp3) is 0.455. The Morgan fingerprint density at radius 1 is 1.29 bits per heavy atom. The fourth-order valence-corrected chi connectivity index (χ4v) is 1.63. The van der Waals surface area contributed by atoms with Crippen LogP contribution in [0.5, 0.6) is 0 Å². The number of carbonyl (C=O) groups is 2. The van der Waals surface area contributed by atoms with Crippen molar-refractivity contribution in [3.05, 3.63) is 22.6 Å². The third-order valence-electron chi connectivity index (χ3n) is 2.03. The van der Waals surface area contributed by atoms with Gasteiger partial charge in [-0.2, -0.15) is 0 Å². The molecule has 0 bridgehead atoms. The molecular weight excluding hydrogens is 288 g/mol. The molecule has 1 unspecified atom stereocenters. The van der Waals surface area contributed by atoms with Crippen LogP contribution in [0.2, 0.25) is 0 Å². The Hall–Kier alpha value is -1.30. The van der Waals surface area contributed by atoms with Crippen molar-refractivity contribution in [2.24, 2.45) is 0 Å². The number of rotatable bonds is 4. The summed E-state index contributed by atoms with van der Waals surface area (Å²) in [5, 5.41) is 5.31. The molecule has 6 heteroatoms. The largest absolute Gasteiger partial charge is 0.457 e. The Labute approximate surface area is 108 Å². The van der Waals surface area contributed by atoms with Crippen LogP contribution in [0.1, 0.15) is 31.1 Å². The molecule has 0 saturated carbocycles. The van der Waals surface area contributed by atoms with Gasteiger partial charge in [0.2, 0.25) is 5.91 Å². The standard InChI is InChI=1S/C11H15BrN2O3/c1-6(2)13-10(15)7(3)14-11(16)8-4-5-17-9(8)12/h4-7H,1-3H3,(H,13,15)(H,14,16). The fourth-order valence-electron chi connectivity index (χ4n) is 1.21. The molecular formula is C11H15BrN2O3. The van der Waals surface area contributed by atoms with E-state index in [4.69, 9.17) is 4.42 Å². The number of furan rings is 1. The minimum atomic E-state index is -0.591. The second-order valence-corrected chi connectivity index (χ2v) is 4.69. The Morgan fingerprint density at radius 2 is 1.94 bits per heavy atom. The van der Waals surface area contributed by atoms with Crippen LogP contribution in [0.15, 0.2) is 21.4 Å². The van der Waals surface area contributed by atoms with Gasteiger partial charge in [-0.25, -0.2) is 0 Å². The lowest BCUT2D eigenvalue weighted by atomic mass is 10.2. The van der Waals surface area contributed by atoms with Gasteiger partial charge >= 0.3 is 0 Å². The molecule has 0 fully saturated rings. The van der Waals surface area contributed by atoms with Gasteiger partial charge in [-0.15, -0.1) is 0 Å². The topological polar surface area (TPSA) is 71.3 Å². The van der Waals surface area contributed by atoms with Crippen molar-refractivity contribution in [2.75, 3.05) is 0 Å². The van der Waals surface area contributed by atoms with Crippen LogP contribution in [0.3, 0.4) is 0 Å². The van der Waals surface area contributed by atoms with Crippen molar-refractivity contribution in [2.45, 2.75) is 32.9 Å². The molecule has 1 heterocycles. The average molecular weight is 303 g/mol. The molecule has 0 aliphatic rings. The highest BCUT2D eigenvalue weighted by atomic mass is 79.9. The molecule has 0 aliphatic heterocycles. The van der Waals surface area contributed by atoms with Gasteiger partial charge in [0.15, 0.2) is 4.67 Å². The van der Waals surface area contributed by atoms with Crippen molar-refractivity contribution in [3.63, 3.8) is 0 Å². The van der Waals surface area contributed by atoms with E-state index >= 15 is 0 Å². The quantitative estimate of drug-likeness (QED) is 0.889. The highest BCUT2D eigenvalue weighted by molar-refractivity contribution is 9.10. The zero-order valence-electron chi connectivity index (χ0n) is 9.91. The molecule has 94 valence electrons. The van der Waals surface area contributed by atoms with Crippen LogP contribution in [0.25, 0.3) is 0 Å². The van der Waals surface area contributed by atoms with Gasteiger partial charge in [-0.1, -0.05) is 0 Å². The summed E-state index contributed by atoms with van der Waals surface area (Å²) in [6.45, 7) is 5.35. The molecule has 5 nitrogen and oxygen atoms in total. The number of hydrogen-bond donors (Lipinski definition) is 2. The van der Waals surface area contributed by atoms with Crippen LogP contribution in [-0.4, -0.2) is 23.9 Å². The monoisotopic (exact) mass is 302 g/mol. The first-order chi connectivity index (χ1) is 7.91. The second-order valence-electron chi connectivity index (χ2n) is 3.97. The molecule has 2 N–H and O–H groups in total. The Bertz CT molecular complexity index is 415. The summed E-state index contributed by atoms with van der Waals surface area (Å²) in [4.78, 5) is 23.3. The number of halogens is 1. The van der Waals surface area contributed by atoms with E-state index < -0.39 is 6.04 Å². The van der Waals surface area contributed by atoms with Gasteiger partial charge < -0.3 is 15.1 Å². The molecule has 1 atom stereocenters. The number of hydrogen-bond acceptors (Lipinski definition) is 3. The Balaban J connectivity index is 2.57. The van der Waals surface area contributed by atoms with Crippen LogP contribution in [0.4, 0.5) is 0 Å². The van der Waals surface area contributed by atoms with Gasteiger partial charge in [-0.05, 0) is 42.8 Å². The van der Waals surface area contributed by atoms with Gasteiger partial charge in [0.05, 0.1) is 11.8 Å². The first-order valence-electron chi connectivity index (χ1n) is 5.26. The average Bonchev–Trinajstić information content (AvgIpc) is 2.63. The Morgan fingerprint density at radius 3 is 2.41 bits per heavy atom. The minimum absolute atomic E-state index is 0.0440. The van der Waals surface area contributed by atoms with Crippen LogP contribution in [0, 0.1) is 0 Å². The zero-order valence-corrected chi connectivity index (χ0v) is 11.5. The summed E-state index contributed by atoms with van der Waals surface area (Å²) in [6, 6.07) is 0.987. The van der Waals surface area contributed by atoms with E-state index in [2.05, 4.69) is 26.6 Å². The lowest BCUT2D eigenvalue weighted by Gasteiger charge is -2.15. The number of amides is 2. The van der Waals surface area contributed by atoms with Crippen molar-refractivity contribution in [1.29, 1.82) is 0 Å². The lowest BCUT2D eigenvalue weighted by molar-refractivity contribution is -0.123. The van der Waals surface area contributed by atoms with Crippen molar-refractivity contribution in [1.82, 2.24) is 10.6 Å². The van der Waals surface area contributed by atoms with E-state index in [1.165, 1.54) is 12.3 Å². The van der Waals surface area contributed by atoms with Crippen LogP contribution >= 0.6 is 15.9 Å². The smallest absolute Gasteiger partial charge is 0.256 e. The van der Waals surface area contributed by atoms with Crippen molar-refractivity contribution >= 4 is 27.7 Å². The molecule has 0 spiro atoms. The molecule has 0 radical (unpaired) electrons. The van der Waals surface area contributed by atoms with E-state index in [1.807, 2.05) is 13.8 Å². The summed E-state index contributed by atoms with van der Waals surface area (Å²) in [7, 11) is 0. The molecule has 1 aromatic heterocycles. The molecule has 0 saturated heterocycles. The minimum Gasteiger partial charge on any atom is -0.457 e. The zero-order chi connectivity index (χ0) is 13.0. The van der Waals surface area contributed by atoms with Gasteiger partial charge in [0.25, 0.3) is 5.91 Å². The van der Waals surface area contributed by atoms with E-state index in [0.717, 1.165) is 0 Å². The number of carbonyl (C=O) groups excluding carboxylic acids is 2. The highest BCUT2D eigenvalue weighted by Gasteiger charge is 2.19. The molecule has 1 aromatic rings. The third-order valence-corrected chi connectivity index (χ3v) is 2.65. The predicted octanol–water partition coefficient (Wildman–Crippen LogP) is 1.68. The SMILES string of the molecule is CC(C)NC(=O)C(C)NC(=O)c1ccoc1Br. The Kier molecular flexibility index (Phi) is 4.74. The van der Waals surface area contributed by atoms with Gasteiger partial charge in [-0.3, -0.25) is 9.59 Å². The maximum absolute atomic E-state index is 11.7. The maximum atomic E-state index is 11.7. The first-order valence-corrected chi connectivity index (χ1v) is 6.05. The van der Waals surface area contributed by atoms with Gasteiger partial charge in [0, 0.05) is 6.04 Å². The second kappa shape index (κ2) is 5.86. The number of nitrogens with one attached hydrogen (secondary N) is 2. The molecule has 1 rings (SSSR count). The normalized spacial score (nSPS) is 12.3. The molecule has 0 aromatic carbocycles. The summed E-state index contributed by atoms with van der Waals surface area (Å²) in [6.07, 6.45) is 1.40. The molecule has 2 amide bonds. The van der Waals surface area contributed by atoms with Crippen LogP contribution < -0.4 is 10.6 Å². The lowest BCUT2D eigenvalue weighted by Crippen LogP contribution is -2.46. The van der Waals surface area contributed by atoms with Crippen LogP contribution in [-0.2, 0) is 4.79 Å². The molecule has 0 aliphatic carbocycles.